The summed E-state index contributed by atoms with van der Waals surface area (Å²) in [5, 5.41) is 2.62. The molecule has 4 nitrogen and oxygen atoms in total. The van der Waals surface area contributed by atoms with E-state index in [9.17, 15) is 4.79 Å². The lowest BCUT2D eigenvalue weighted by Gasteiger charge is -2.13. The van der Waals surface area contributed by atoms with Crippen molar-refractivity contribution in [1.82, 2.24) is 9.88 Å². The number of amides is 1. The van der Waals surface area contributed by atoms with E-state index >= 15 is 0 Å². The molecule has 0 aromatic carbocycles. The molecule has 1 aromatic heterocycles. The maximum atomic E-state index is 11.1. The number of nitrogens with two attached hydrogens (primary N) is 1. The second kappa shape index (κ2) is 6.45. The Balaban J connectivity index is 2.43. The van der Waals surface area contributed by atoms with Crippen LogP contribution in [0.4, 0.5) is 0 Å². The van der Waals surface area contributed by atoms with E-state index in [-0.39, 0.29) is 11.9 Å². The van der Waals surface area contributed by atoms with Crippen LogP contribution in [0.1, 0.15) is 38.3 Å². The Bertz CT molecular complexity index is 357. The van der Waals surface area contributed by atoms with E-state index in [1.807, 2.05) is 6.20 Å². The van der Waals surface area contributed by atoms with Gasteiger partial charge < -0.3 is 15.6 Å². The maximum Gasteiger partial charge on any atom is 0.219 e. The summed E-state index contributed by atoms with van der Waals surface area (Å²) in [4.78, 5) is 11.1. The van der Waals surface area contributed by atoms with Crippen LogP contribution in [0.15, 0.2) is 18.5 Å². The van der Waals surface area contributed by atoms with E-state index in [2.05, 4.69) is 36.0 Å². The zero-order valence-corrected chi connectivity index (χ0v) is 10.9. The topological polar surface area (TPSA) is 60.0 Å². The van der Waals surface area contributed by atoms with Gasteiger partial charge in [-0.15, -0.1) is 0 Å². The summed E-state index contributed by atoms with van der Waals surface area (Å²) >= 11 is 0. The highest BCUT2D eigenvalue weighted by Gasteiger charge is 2.11. The third kappa shape index (κ3) is 4.23. The van der Waals surface area contributed by atoms with Crippen LogP contribution in [0, 0.1) is 5.92 Å². The maximum absolute atomic E-state index is 11.1. The number of carbonyl (C=O) groups is 1. The number of nitrogens with one attached hydrogen (secondary N) is 1. The summed E-state index contributed by atoms with van der Waals surface area (Å²) in [5.41, 5.74) is 7.24. The predicted molar refractivity (Wildman–Crippen MR) is 69.5 cm³/mol. The van der Waals surface area contributed by atoms with E-state index in [0.717, 1.165) is 13.0 Å². The molecule has 1 unspecified atom stereocenters. The van der Waals surface area contributed by atoms with E-state index in [1.54, 1.807) is 7.05 Å². The molecule has 1 rings (SSSR count). The summed E-state index contributed by atoms with van der Waals surface area (Å²) in [6.45, 7) is 5.10. The fourth-order valence-electron chi connectivity index (χ4n) is 1.73. The molecule has 0 aliphatic carbocycles. The van der Waals surface area contributed by atoms with Gasteiger partial charge in [0.2, 0.25) is 5.91 Å². The largest absolute Gasteiger partial charge is 0.359 e. The summed E-state index contributed by atoms with van der Waals surface area (Å²) in [5.74, 6) is 0.535. The third-order valence-electron chi connectivity index (χ3n) is 2.98. The van der Waals surface area contributed by atoms with Crippen molar-refractivity contribution < 1.29 is 4.79 Å². The molecule has 0 saturated carbocycles. The van der Waals surface area contributed by atoms with Gasteiger partial charge >= 0.3 is 0 Å². The molecular weight excluding hydrogens is 214 g/mol. The fraction of sp³-hybridized carbons (Fsp3) is 0.615. The number of carbonyl (C=O) groups excluding carboxylic acids is 1. The zero-order valence-electron chi connectivity index (χ0n) is 10.9. The van der Waals surface area contributed by atoms with Crippen molar-refractivity contribution in [2.75, 3.05) is 7.05 Å². The van der Waals surface area contributed by atoms with Crippen molar-refractivity contribution in [2.45, 2.75) is 39.3 Å². The first-order valence-corrected chi connectivity index (χ1v) is 6.16. The number of aromatic nitrogens is 1. The minimum absolute atomic E-state index is 0.0928. The molecule has 1 heterocycles. The Hall–Kier alpha value is -1.29. The Labute approximate surface area is 103 Å². The molecule has 0 bridgehead atoms. The smallest absolute Gasteiger partial charge is 0.219 e. The van der Waals surface area contributed by atoms with Crippen molar-refractivity contribution in [3.63, 3.8) is 0 Å². The van der Waals surface area contributed by atoms with E-state index < -0.39 is 0 Å². The Morgan fingerprint density at radius 3 is 2.82 bits per heavy atom. The number of hydrogen-bond donors (Lipinski definition) is 2. The molecule has 0 radical (unpaired) electrons. The van der Waals surface area contributed by atoms with Gasteiger partial charge in [-0.2, -0.15) is 0 Å². The molecule has 0 saturated heterocycles. The summed E-state index contributed by atoms with van der Waals surface area (Å²) < 4.78 is 2.10. The first-order valence-electron chi connectivity index (χ1n) is 6.16. The van der Waals surface area contributed by atoms with Gasteiger partial charge in [0.25, 0.3) is 0 Å². The predicted octanol–water partition coefficient (Wildman–Crippen LogP) is 1.67. The summed E-state index contributed by atoms with van der Waals surface area (Å²) in [7, 11) is 1.66. The number of nitrogens with zero attached hydrogens (tertiary/aromatic N) is 1. The van der Waals surface area contributed by atoms with Crippen molar-refractivity contribution >= 4 is 5.91 Å². The van der Waals surface area contributed by atoms with E-state index in [0.29, 0.717) is 12.3 Å². The average molecular weight is 237 g/mol. The normalized spacial score (nSPS) is 12.8. The van der Waals surface area contributed by atoms with Gasteiger partial charge in [-0.1, -0.05) is 13.8 Å². The Morgan fingerprint density at radius 2 is 2.24 bits per heavy atom. The minimum atomic E-state index is 0.0928. The molecule has 1 atom stereocenters. The molecule has 3 N–H and O–H groups in total. The van der Waals surface area contributed by atoms with Crippen LogP contribution in [0.5, 0.6) is 0 Å². The van der Waals surface area contributed by atoms with Crippen molar-refractivity contribution in [1.29, 1.82) is 0 Å². The van der Waals surface area contributed by atoms with E-state index in [4.69, 9.17) is 5.73 Å². The number of aryl methyl sites for hydroxylation is 1. The van der Waals surface area contributed by atoms with Crippen molar-refractivity contribution in [3.8, 4) is 0 Å². The number of hydrogen-bond acceptors (Lipinski definition) is 2. The highest BCUT2D eigenvalue weighted by atomic mass is 16.1. The zero-order chi connectivity index (χ0) is 12.8. The lowest BCUT2D eigenvalue weighted by molar-refractivity contribution is -0.120. The van der Waals surface area contributed by atoms with Crippen LogP contribution in [0.25, 0.3) is 0 Å². The molecule has 0 spiro atoms. The van der Waals surface area contributed by atoms with Crippen molar-refractivity contribution in [2.24, 2.45) is 11.7 Å². The highest BCUT2D eigenvalue weighted by molar-refractivity contribution is 5.75. The monoisotopic (exact) mass is 237 g/mol. The Kier molecular flexibility index (Phi) is 5.22. The lowest BCUT2D eigenvalue weighted by Crippen LogP contribution is -2.17. The second-order valence-electron chi connectivity index (χ2n) is 4.73. The van der Waals surface area contributed by atoms with Gasteiger partial charge in [-0.25, -0.2) is 0 Å². The van der Waals surface area contributed by atoms with Crippen LogP contribution < -0.4 is 11.1 Å². The van der Waals surface area contributed by atoms with Gasteiger partial charge in [-0.3, -0.25) is 4.79 Å². The highest BCUT2D eigenvalue weighted by Crippen LogP contribution is 2.19. The number of rotatable bonds is 6. The van der Waals surface area contributed by atoms with Crippen LogP contribution in [-0.2, 0) is 11.3 Å². The first kappa shape index (κ1) is 13.8. The lowest BCUT2D eigenvalue weighted by atomic mass is 10.00. The van der Waals surface area contributed by atoms with Crippen LogP contribution >= 0.6 is 0 Å². The summed E-state index contributed by atoms with van der Waals surface area (Å²) in [6.07, 6.45) is 5.53. The molecule has 0 aliphatic heterocycles. The molecule has 96 valence electrons. The molecule has 1 aromatic rings. The van der Waals surface area contributed by atoms with Gasteiger partial charge in [0.05, 0.1) is 0 Å². The fourth-order valence-corrected chi connectivity index (χ4v) is 1.73. The SMILES string of the molecule is CNC(=O)CCCn1ccc(C(N)C(C)C)c1. The standard InChI is InChI=1S/C13H23N3O/c1-10(2)13(14)11-6-8-16(9-11)7-4-5-12(17)15-3/h6,8-10,13H,4-5,7,14H2,1-3H3,(H,15,17). The van der Waals surface area contributed by atoms with Gasteiger partial charge in [0.15, 0.2) is 0 Å². The van der Waals surface area contributed by atoms with Gasteiger partial charge in [0, 0.05) is 38.4 Å². The molecule has 4 heteroatoms. The molecule has 1 amide bonds. The van der Waals surface area contributed by atoms with Crippen LogP contribution in [-0.4, -0.2) is 17.5 Å². The van der Waals surface area contributed by atoms with Crippen LogP contribution in [0.2, 0.25) is 0 Å². The van der Waals surface area contributed by atoms with Crippen LogP contribution in [0.3, 0.4) is 0 Å². The molecule has 0 aliphatic rings. The van der Waals surface area contributed by atoms with E-state index in [1.165, 1.54) is 5.56 Å². The summed E-state index contributed by atoms with van der Waals surface area (Å²) in [6, 6.07) is 2.15. The minimum Gasteiger partial charge on any atom is -0.359 e. The Morgan fingerprint density at radius 1 is 1.53 bits per heavy atom. The third-order valence-corrected chi connectivity index (χ3v) is 2.98. The average Bonchev–Trinajstić information content (AvgIpc) is 2.76. The second-order valence-corrected chi connectivity index (χ2v) is 4.73. The van der Waals surface area contributed by atoms with Crippen molar-refractivity contribution in [3.05, 3.63) is 24.0 Å². The first-order chi connectivity index (χ1) is 8.04. The van der Waals surface area contributed by atoms with Gasteiger partial charge in [0.1, 0.15) is 0 Å². The molecular formula is C13H23N3O. The molecule has 0 fully saturated rings. The quantitative estimate of drug-likeness (QED) is 0.790. The van der Waals surface area contributed by atoms with Gasteiger partial charge in [-0.05, 0) is 24.0 Å². The molecule has 17 heavy (non-hydrogen) atoms.